The zero-order valence-electron chi connectivity index (χ0n) is 10.5. The maximum Gasteiger partial charge on any atom is 0.264 e. The maximum absolute atomic E-state index is 13.0. The van der Waals surface area contributed by atoms with E-state index in [1.54, 1.807) is 19.1 Å². The van der Waals surface area contributed by atoms with Crippen molar-refractivity contribution >= 4 is 44.0 Å². The van der Waals surface area contributed by atoms with Crippen LogP contribution in [0.25, 0.3) is 0 Å². The molecule has 0 heterocycles. The summed E-state index contributed by atoms with van der Waals surface area (Å²) < 4.78 is 40.7. The lowest BCUT2D eigenvalue weighted by atomic mass is 10.2. The van der Waals surface area contributed by atoms with Crippen LogP contribution in [-0.2, 0) is 10.0 Å². The lowest BCUT2D eigenvalue weighted by Gasteiger charge is -2.13. The molecule has 0 aliphatic carbocycles. The van der Waals surface area contributed by atoms with Crippen LogP contribution in [0.4, 0.5) is 15.8 Å². The molecule has 0 spiro atoms. The Labute approximate surface area is 130 Å². The zero-order valence-corrected chi connectivity index (χ0v) is 13.5. The molecule has 0 unspecified atom stereocenters. The third kappa shape index (κ3) is 3.04. The van der Waals surface area contributed by atoms with E-state index in [1.807, 2.05) is 22.6 Å². The minimum Gasteiger partial charge on any atom is -0.398 e. The van der Waals surface area contributed by atoms with Crippen molar-refractivity contribution in [1.82, 2.24) is 0 Å². The van der Waals surface area contributed by atoms with Crippen molar-refractivity contribution in [3.63, 3.8) is 0 Å². The molecule has 0 saturated carbocycles. The number of benzene rings is 2. The van der Waals surface area contributed by atoms with Gasteiger partial charge in [0.05, 0.1) is 11.4 Å². The predicted molar refractivity (Wildman–Crippen MR) is 85.5 cm³/mol. The normalized spacial score (nSPS) is 11.3. The molecule has 2 aromatic carbocycles. The summed E-state index contributed by atoms with van der Waals surface area (Å²) in [6.07, 6.45) is 0. The second-order valence-electron chi connectivity index (χ2n) is 4.22. The van der Waals surface area contributed by atoms with Crippen molar-refractivity contribution in [2.75, 3.05) is 10.5 Å². The Morgan fingerprint density at radius 2 is 1.95 bits per heavy atom. The van der Waals surface area contributed by atoms with Crippen LogP contribution in [0.5, 0.6) is 0 Å². The van der Waals surface area contributed by atoms with Crippen LogP contribution in [0.15, 0.2) is 41.3 Å². The van der Waals surface area contributed by atoms with Gasteiger partial charge in [-0.2, -0.15) is 0 Å². The summed E-state index contributed by atoms with van der Waals surface area (Å²) in [4.78, 5) is 0.0418. The Morgan fingerprint density at radius 1 is 1.25 bits per heavy atom. The highest BCUT2D eigenvalue weighted by atomic mass is 127. The van der Waals surface area contributed by atoms with Gasteiger partial charge >= 0.3 is 0 Å². The standard InChI is InChI=1S/C13H12FIN2O2S/c1-8-3-2-4-11(16)13(8)20(18,19)17-12-6-5-9(14)7-10(12)15/h2-7,17H,16H2,1H3. The monoisotopic (exact) mass is 406 g/mol. The van der Waals surface area contributed by atoms with E-state index in [0.717, 1.165) is 0 Å². The zero-order chi connectivity index (χ0) is 14.9. The molecule has 0 fully saturated rings. The van der Waals surface area contributed by atoms with Crippen molar-refractivity contribution in [3.8, 4) is 0 Å². The van der Waals surface area contributed by atoms with Crippen molar-refractivity contribution in [2.24, 2.45) is 0 Å². The molecule has 0 aromatic heterocycles. The largest absolute Gasteiger partial charge is 0.398 e. The van der Waals surface area contributed by atoms with E-state index in [1.165, 1.54) is 24.3 Å². The van der Waals surface area contributed by atoms with E-state index in [4.69, 9.17) is 5.73 Å². The van der Waals surface area contributed by atoms with Gasteiger partial charge in [0.2, 0.25) is 0 Å². The second-order valence-corrected chi connectivity index (χ2v) is 7.00. The van der Waals surface area contributed by atoms with E-state index in [2.05, 4.69) is 4.72 Å². The molecule has 0 bridgehead atoms. The number of anilines is 2. The number of sulfonamides is 1. The van der Waals surface area contributed by atoms with Crippen LogP contribution in [0, 0.1) is 16.3 Å². The van der Waals surface area contributed by atoms with Gasteiger partial charge in [0.25, 0.3) is 10.0 Å². The summed E-state index contributed by atoms with van der Waals surface area (Å²) in [5.41, 5.74) is 6.78. The van der Waals surface area contributed by atoms with Crippen LogP contribution in [-0.4, -0.2) is 8.42 Å². The molecule has 2 aromatic rings. The van der Waals surface area contributed by atoms with Gasteiger partial charge in [-0.3, -0.25) is 4.72 Å². The third-order valence-corrected chi connectivity index (χ3v) is 5.16. The number of halogens is 2. The fraction of sp³-hybridized carbons (Fsp3) is 0.0769. The maximum atomic E-state index is 13.0. The van der Waals surface area contributed by atoms with Crippen LogP contribution in [0.3, 0.4) is 0 Å². The van der Waals surface area contributed by atoms with Crippen molar-refractivity contribution in [3.05, 3.63) is 51.3 Å². The fourth-order valence-corrected chi connectivity index (χ4v) is 4.05. The van der Waals surface area contributed by atoms with Gasteiger partial charge in [0.1, 0.15) is 10.7 Å². The fourth-order valence-electron chi connectivity index (χ4n) is 1.81. The van der Waals surface area contributed by atoms with Gasteiger partial charge in [0, 0.05) is 3.57 Å². The average Bonchev–Trinajstić information content (AvgIpc) is 2.32. The van der Waals surface area contributed by atoms with Crippen LogP contribution in [0.2, 0.25) is 0 Å². The molecule has 0 radical (unpaired) electrons. The summed E-state index contributed by atoms with van der Waals surface area (Å²) in [5, 5.41) is 0. The first-order valence-corrected chi connectivity index (χ1v) is 8.20. The molecule has 0 aliphatic rings. The van der Waals surface area contributed by atoms with Gasteiger partial charge in [-0.1, -0.05) is 12.1 Å². The minimum atomic E-state index is -3.81. The van der Waals surface area contributed by atoms with Crippen molar-refractivity contribution in [1.29, 1.82) is 0 Å². The number of nitrogens with one attached hydrogen (secondary N) is 1. The Hall–Kier alpha value is -1.35. The smallest absolute Gasteiger partial charge is 0.264 e. The molecule has 2 rings (SSSR count). The molecule has 0 amide bonds. The molecular formula is C13H12FIN2O2S. The van der Waals surface area contributed by atoms with E-state index in [-0.39, 0.29) is 10.6 Å². The Morgan fingerprint density at radius 3 is 2.55 bits per heavy atom. The number of hydrogen-bond acceptors (Lipinski definition) is 3. The lowest BCUT2D eigenvalue weighted by molar-refractivity contribution is 0.600. The number of hydrogen-bond donors (Lipinski definition) is 2. The highest BCUT2D eigenvalue weighted by Crippen LogP contribution is 2.27. The number of nitrogen functional groups attached to an aromatic ring is 1. The Bertz CT molecular complexity index is 743. The average molecular weight is 406 g/mol. The first-order valence-electron chi connectivity index (χ1n) is 5.64. The molecule has 0 saturated heterocycles. The molecule has 106 valence electrons. The van der Waals surface area contributed by atoms with Crippen LogP contribution in [0.1, 0.15) is 5.56 Å². The first kappa shape index (κ1) is 15.0. The lowest BCUT2D eigenvalue weighted by Crippen LogP contribution is -2.16. The molecule has 20 heavy (non-hydrogen) atoms. The van der Waals surface area contributed by atoms with Crippen LogP contribution >= 0.6 is 22.6 Å². The van der Waals surface area contributed by atoms with Gasteiger partial charge in [-0.05, 0) is 59.3 Å². The van der Waals surface area contributed by atoms with E-state index in [0.29, 0.717) is 14.8 Å². The van der Waals surface area contributed by atoms with Crippen molar-refractivity contribution < 1.29 is 12.8 Å². The van der Waals surface area contributed by atoms with Gasteiger partial charge in [0.15, 0.2) is 0 Å². The Kier molecular flexibility index (Phi) is 4.19. The molecular weight excluding hydrogens is 394 g/mol. The topological polar surface area (TPSA) is 72.2 Å². The van der Waals surface area contributed by atoms with Gasteiger partial charge in [-0.15, -0.1) is 0 Å². The second kappa shape index (κ2) is 5.57. The molecule has 7 heteroatoms. The van der Waals surface area contributed by atoms with Crippen LogP contribution < -0.4 is 10.5 Å². The number of aryl methyl sites for hydroxylation is 1. The summed E-state index contributed by atoms with van der Waals surface area (Å²) in [6, 6.07) is 8.70. The highest BCUT2D eigenvalue weighted by Gasteiger charge is 2.20. The highest BCUT2D eigenvalue weighted by molar-refractivity contribution is 14.1. The van der Waals surface area contributed by atoms with Gasteiger partial charge in [-0.25, -0.2) is 12.8 Å². The molecule has 3 N–H and O–H groups in total. The number of nitrogens with two attached hydrogens (primary N) is 1. The molecule has 4 nitrogen and oxygen atoms in total. The summed E-state index contributed by atoms with van der Waals surface area (Å²) in [6.45, 7) is 1.67. The van der Waals surface area contributed by atoms with E-state index in [9.17, 15) is 12.8 Å². The predicted octanol–water partition coefficient (Wildman–Crippen LogP) is 3.12. The Balaban J connectivity index is 2.46. The van der Waals surface area contributed by atoms with E-state index < -0.39 is 15.8 Å². The SMILES string of the molecule is Cc1cccc(N)c1S(=O)(=O)Nc1ccc(F)cc1I. The molecule has 0 atom stereocenters. The third-order valence-electron chi connectivity index (χ3n) is 2.69. The van der Waals surface area contributed by atoms with Gasteiger partial charge < -0.3 is 5.73 Å². The van der Waals surface area contributed by atoms with E-state index >= 15 is 0 Å². The minimum absolute atomic E-state index is 0.0418. The summed E-state index contributed by atoms with van der Waals surface area (Å²) >= 11 is 1.86. The first-order chi connectivity index (χ1) is 9.31. The number of rotatable bonds is 3. The summed E-state index contributed by atoms with van der Waals surface area (Å²) in [5.74, 6) is -0.423. The quantitative estimate of drug-likeness (QED) is 0.608. The van der Waals surface area contributed by atoms with Crippen molar-refractivity contribution in [2.45, 2.75) is 11.8 Å². The molecule has 0 aliphatic heterocycles. The summed E-state index contributed by atoms with van der Waals surface area (Å²) in [7, 11) is -3.81.